The molecule has 0 aliphatic carbocycles. The number of hydrogen-bond donors (Lipinski definition) is 1. The zero-order chi connectivity index (χ0) is 23.0. The zero-order valence-corrected chi connectivity index (χ0v) is 20.6. The number of benzene rings is 1. The number of nitrogens with one attached hydrogen (secondary N) is 1. The van der Waals surface area contributed by atoms with Gasteiger partial charge in [0.05, 0.1) is 24.0 Å². The summed E-state index contributed by atoms with van der Waals surface area (Å²) in [6, 6.07) is 8.24. The number of sulfonamides is 1. The predicted octanol–water partition coefficient (Wildman–Crippen LogP) is 3.62. The maximum atomic E-state index is 13.3. The molecule has 0 radical (unpaired) electrons. The fourth-order valence-corrected chi connectivity index (χ4v) is 6.24. The molecule has 172 valence electrons. The molecule has 7 nitrogen and oxygen atoms in total. The molecular weight excluding hydrogens is 412 g/mol. The quantitative estimate of drug-likeness (QED) is 0.730. The van der Waals surface area contributed by atoms with E-state index in [1.807, 2.05) is 39.8 Å². The first-order valence-electron chi connectivity index (χ1n) is 10.9. The monoisotopic (exact) mass is 448 g/mol. The average molecular weight is 449 g/mol. The van der Waals surface area contributed by atoms with Gasteiger partial charge in [-0.1, -0.05) is 12.1 Å². The second kappa shape index (κ2) is 8.92. The molecule has 0 spiro atoms. The molecule has 8 heteroatoms. The lowest BCUT2D eigenvalue weighted by Crippen LogP contribution is -2.41. The van der Waals surface area contributed by atoms with Gasteiger partial charge >= 0.3 is 0 Å². The Bertz CT molecular complexity index is 1010. The highest BCUT2D eigenvalue weighted by molar-refractivity contribution is 7.89. The summed E-state index contributed by atoms with van der Waals surface area (Å²) in [4.78, 5) is 2.62. The van der Waals surface area contributed by atoms with Crippen LogP contribution in [0.1, 0.15) is 56.6 Å². The van der Waals surface area contributed by atoms with Crippen LogP contribution in [-0.4, -0.2) is 50.3 Å². The number of ether oxygens (including phenoxy) is 1. The van der Waals surface area contributed by atoms with Crippen molar-refractivity contribution in [2.45, 2.75) is 63.9 Å². The summed E-state index contributed by atoms with van der Waals surface area (Å²) in [7, 11) is 0.100. The Morgan fingerprint density at radius 3 is 2.39 bits per heavy atom. The predicted molar refractivity (Wildman–Crippen MR) is 123 cm³/mol. The van der Waals surface area contributed by atoms with E-state index in [1.165, 1.54) is 5.56 Å². The second-order valence-electron chi connectivity index (χ2n) is 9.54. The molecule has 0 amide bonds. The largest absolute Gasteiger partial charge is 0.497 e. The third kappa shape index (κ3) is 4.96. The average Bonchev–Trinajstić information content (AvgIpc) is 3.02. The fraction of sp³-hybridized carbons (Fsp3) is 0.609. The topological polar surface area (TPSA) is 76.5 Å². The number of nitrogens with zero attached hydrogens (tertiary/aromatic N) is 3. The van der Waals surface area contributed by atoms with E-state index in [9.17, 15) is 8.42 Å². The molecule has 1 aliphatic heterocycles. The molecule has 3 rings (SSSR count). The van der Waals surface area contributed by atoms with Crippen LogP contribution >= 0.6 is 0 Å². The molecule has 2 heterocycles. The first-order valence-corrected chi connectivity index (χ1v) is 12.3. The van der Waals surface area contributed by atoms with Gasteiger partial charge in [-0.05, 0) is 84.7 Å². The molecule has 1 N–H and O–H groups in total. The van der Waals surface area contributed by atoms with E-state index in [1.54, 1.807) is 18.7 Å². The maximum Gasteiger partial charge on any atom is 0.244 e. The molecule has 1 saturated heterocycles. The molecular formula is C23H36N4O3S. The molecule has 31 heavy (non-hydrogen) atoms. The fourth-order valence-electron chi connectivity index (χ4n) is 4.76. The number of aryl methyl sites for hydroxylation is 1. The van der Waals surface area contributed by atoms with Crippen molar-refractivity contribution in [3.05, 3.63) is 41.2 Å². The number of hydrogen-bond acceptors (Lipinski definition) is 5. The van der Waals surface area contributed by atoms with Crippen LogP contribution < -0.4 is 9.46 Å². The lowest BCUT2D eigenvalue weighted by Gasteiger charge is -2.39. The lowest BCUT2D eigenvalue weighted by atomic mass is 9.85. The summed E-state index contributed by atoms with van der Waals surface area (Å²) in [5.74, 6) is 1.00. The standard InChI is InChI=1S/C23H36N4O3S/c1-16-22(17(2)27(25-16)23(3,4)5)31(28,29)24-15-19-9-8-14-26(6)21(19)18-10-12-20(30-7)13-11-18/h10-13,19,21,24H,8-9,14-15H2,1-7H3. The Hall–Kier alpha value is -1.90. The number of aromatic nitrogens is 2. The van der Waals surface area contributed by atoms with Crippen LogP contribution in [0, 0.1) is 19.8 Å². The number of methoxy groups -OCH3 is 1. The summed E-state index contributed by atoms with van der Waals surface area (Å²) >= 11 is 0. The van der Waals surface area contributed by atoms with Crippen molar-refractivity contribution in [3.63, 3.8) is 0 Å². The van der Waals surface area contributed by atoms with Gasteiger partial charge in [0.2, 0.25) is 10.0 Å². The summed E-state index contributed by atoms with van der Waals surface area (Å²) in [5.41, 5.74) is 2.10. The van der Waals surface area contributed by atoms with Crippen molar-refractivity contribution in [2.75, 3.05) is 27.2 Å². The maximum absolute atomic E-state index is 13.3. The van der Waals surface area contributed by atoms with Crippen LogP contribution in [0.2, 0.25) is 0 Å². The Morgan fingerprint density at radius 2 is 1.84 bits per heavy atom. The Balaban J connectivity index is 1.83. The minimum absolute atomic E-state index is 0.154. The normalized spacial score (nSPS) is 20.7. The summed E-state index contributed by atoms with van der Waals surface area (Å²) in [6.45, 7) is 11.0. The smallest absolute Gasteiger partial charge is 0.244 e. The van der Waals surface area contributed by atoms with Gasteiger partial charge in [0.1, 0.15) is 10.6 Å². The molecule has 1 aromatic heterocycles. The first-order chi connectivity index (χ1) is 14.5. The van der Waals surface area contributed by atoms with E-state index >= 15 is 0 Å². The van der Waals surface area contributed by atoms with E-state index in [0.29, 0.717) is 22.8 Å². The molecule has 2 unspecified atom stereocenters. The van der Waals surface area contributed by atoms with Crippen molar-refractivity contribution in [1.82, 2.24) is 19.4 Å². The van der Waals surface area contributed by atoms with E-state index in [2.05, 4.69) is 33.9 Å². The Labute approximate surface area is 186 Å². The van der Waals surface area contributed by atoms with Crippen LogP contribution in [0.4, 0.5) is 0 Å². The molecule has 2 aromatic rings. The summed E-state index contributed by atoms with van der Waals surface area (Å²) < 4.78 is 36.5. The third-order valence-electron chi connectivity index (χ3n) is 6.13. The van der Waals surface area contributed by atoms with Crippen LogP contribution in [0.5, 0.6) is 5.75 Å². The van der Waals surface area contributed by atoms with Crippen molar-refractivity contribution in [2.24, 2.45) is 5.92 Å². The molecule has 1 aromatic carbocycles. The molecule has 0 saturated carbocycles. The molecule has 1 aliphatic rings. The number of piperidine rings is 1. The van der Waals surface area contributed by atoms with Gasteiger partial charge in [0.25, 0.3) is 0 Å². The third-order valence-corrected chi connectivity index (χ3v) is 7.80. The Kier molecular flexibility index (Phi) is 6.84. The first kappa shape index (κ1) is 23.8. The van der Waals surface area contributed by atoms with E-state index in [-0.39, 0.29) is 17.5 Å². The van der Waals surface area contributed by atoms with E-state index < -0.39 is 10.0 Å². The number of rotatable bonds is 6. The lowest BCUT2D eigenvalue weighted by molar-refractivity contribution is 0.123. The van der Waals surface area contributed by atoms with Crippen LogP contribution in [-0.2, 0) is 15.6 Å². The van der Waals surface area contributed by atoms with Gasteiger partial charge in [-0.2, -0.15) is 5.10 Å². The van der Waals surface area contributed by atoms with Crippen molar-refractivity contribution < 1.29 is 13.2 Å². The van der Waals surface area contributed by atoms with Crippen molar-refractivity contribution in [1.29, 1.82) is 0 Å². The van der Waals surface area contributed by atoms with Gasteiger partial charge in [-0.25, -0.2) is 13.1 Å². The van der Waals surface area contributed by atoms with Crippen molar-refractivity contribution >= 4 is 10.0 Å². The van der Waals surface area contributed by atoms with Crippen LogP contribution in [0.3, 0.4) is 0 Å². The van der Waals surface area contributed by atoms with E-state index in [4.69, 9.17) is 4.74 Å². The van der Waals surface area contributed by atoms with Gasteiger partial charge in [-0.3, -0.25) is 9.58 Å². The summed E-state index contributed by atoms with van der Waals surface area (Å²) in [5, 5.41) is 4.51. The number of likely N-dealkylation sites (tertiary alicyclic amines) is 1. The minimum Gasteiger partial charge on any atom is -0.497 e. The van der Waals surface area contributed by atoms with Crippen LogP contribution in [0.15, 0.2) is 29.2 Å². The zero-order valence-electron chi connectivity index (χ0n) is 19.8. The minimum atomic E-state index is -3.67. The SMILES string of the molecule is COc1ccc(C2C(CNS(=O)(=O)c3c(C)nn(C(C)(C)C)c3C)CCCN2C)cc1. The van der Waals surface area contributed by atoms with Crippen molar-refractivity contribution in [3.8, 4) is 5.75 Å². The molecule has 2 atom stereocenters. The highest BCUT2D eigenvalue weighted by atomic mass is 32.2. The second-order valence-corrected chi connectivity index (χ2v) is 11.2. The van der Waals surface area contributed by atoms with Gasteiger partial charge in [0, 0.05) is 12.6 Å². The van der Waals surface area contributed by atoms with Gasteiger partial charge < -0.3 is 4.74 Å². The molecule has 1 fully saturated rings. The highest BCUT2D eigenvalue weighted by Gasteiger charge is 2.33. The van der Waals surface area contributed by atoms with E-state index in [0.717, 1.165) is 25.1 Å². The highest BCUT2D eigenvalue weighted by Crippen LogP contribution is 2.36. The summed E-state index contributed by atoms with van der Waals surface area (Å²) in [6.07, 6.45) is 2.03. The van der Waals surface area contributed by atoms with Crippen LogP contribution in [0.25, 0.3) is 0 Å². The molecule has 0 bridgehead atoms. The van der Waals surface area contributed by atoms with Gasteiger partial charge in [0.15, 0.2) is 0 Å². The van der Waals surface area contributed by atoms with Gasteiger partial charge in [-0.15, -0.1) is 0 Å². The Morgan fingerprint density at radius 1 is 1.19 bits per heavy atom.